The number of hydrogen-bond donors (Lipinski definition) is 1. The SMILES string of the molecule is CCN(CC(=O)Nc1ccc(N2CCOCC2)cc1)C(=O)CCc1ccc(Cl)cc1. The molecule has 1 aliphatic heterocycles. The number of likely N-dealkylation sites (N-methyl/N-ethyl adjacent to an activating group) is 1. The number of ether oxygens (including phenoxy) is 1. The summed E-state index contributed by atoms with van der Waals surface area (Å²) in [5, 5.41) is 3.56. The van der Waals surface area contributed by atoms with E-state index in [2.05, 4.69) is 10.2 Å². The number of anilines is 2. The molecule has 0 spiro atoms. The van der Waals surface area contributed by atoms with Gasteiger partial charge < -0.3 is 19.9 Å². The number of carbonyl (C=O) groups is 2. The van der Waals surface area contributed by atoms with Crippen LogP contribution >= 0.6 is 11.6 Å². The number of hydrogen-bond acceptors (Lipinski definition) is 4. The van der Waals surface area contributed by atoms with Crippen LogP contribution in [0, 0.1) is 0 Å². The summed E-state index contributed by atoms with van der Waals surface area (Å²) in [7, 11) is 0. The zero-order chi connectivity index (χ0) is 21.3. The van der Waals surface area contributed by atoms with Crippen LogP contribution in [0.5, 0.6) is 0 Å². The van der Waals surface area contributed by atoms with Gasteiger partial charge in [0, 0.05) is 42.5 Å². The van der Waals surface area contributed by atoms with Crippen molar-refractivity contribution in [1.82, 2.24) is 4.90 Å². The number of nitrogens with one attached hydrogen (secondary N) is 1. The number of morpholine rings is 1. The molecular formula is C23H28ClN3O3. The minimum absolute atomic E-state index is 0.0368. The lowest BCUT2D eigenvalue weighted by atomic mass is 10.1. The van der Waals surface area contributed by atoms with Crippen LogP contribution in [0.4, 0.5) is 11.4 Å². The molecule has 1 fully saturated rings. The quantitative estimate of drug-likeness (QED) is 0.696. The number of benzene rings is 2. The molecule has 2 amide bonds. The summed E-state index contributed by atoms with van der Waals surface area (Å²) >= 11 is 5.89. The second kappa shape index (κ2) is 11.0. The van der Waals surface area contributed by atoms with E-state index in [4.69, 9.17) is 16.3 Å². The maximum absolute atomic E-state index is 12.5. The molecule has 1 aliphatic rings. The number of rotatable bonds is 8. The van der Waals surface area contributed by atoms with Crippen molar-refractivity contribution < 1.29 is 14.3 Å². The average Bonchev–Trinajstić information content (AvgIpc) is 2.78. The Balaban J connectivity index is 1.48. The van der Waals surface area contributed by atoms with Gasteiger partial charge in [-0.2, -0.15) is 0 Å². The highest BCUT2D eigenvalue weighted by molar-refractivity contribution is 6.30. The molecule has 1 heterocycles. The van der Waals surface area contributed by atoms with E-state index in [1.54, 1.807) is 4.90 Å². The van der Waals surface area contributed by atoms with Gasteiger partial charge in [0.1, 0.15) is 0 Å². The summed E-state index contributed by atoms with van der Waals surface area (Å²) in [6.07, 6.45) is 0.980. The molecule has 3 rings (SSSR count). The van der Waals surface area contributed by atoms with Crippen LogP contribution in [0.1, 0.15) is 18.9 Å². The lowest BCUT2D eigenvalue weighted by molar-refractivity contribution is -0.134. The highest BCUT2D eigenvalue weighted by Gasteiger charge is 2.16. The smallest absolute Gasteiger partial charge is 0.243 e. The van der Waals surface area contributed by atoms with Gasteiger partial charge in [-0.25, -0.2) is 0 Å². The number of nitrogens with zero attached hydrogens (tertiary/aromatic N) is 2. The summed E-state index contributed by atoms with van der Waals surface area (Å²) < 4.78 is 5.38. The molecule has 2 aromatic rings. The van der Waals surface area contributed by atoms with Crippen LogP contribution in [0.3, 0.4) is 0 Å². The van der Waals surface area contributed by atoms with Crippen molar-refractivity contribution in [1.29, 1.82) is 0 Å². The van der Waals surface area contributed by atoms with Gasteiger partial charge in [-0.05, 0) is 55.3 Å². The fourth-order valence-electron chi connectivity index (χ4n) is 3.39. The number of aryl methyl sites for hydroxylation is 1. The maximum Gasteiger partial charge on any atom is 0.243 e. The van der Waals surface area contributed by atoms with Crippen molar-refractivity contribution in [3.63, 3.8) is 0 Å². The second-order valence-electron chi connectivity index (χ2n) is 7.23. The molecule has 2 aromatic carbocycles. The van der Waals surface area contributed by atoms with E-state index in [9.17, 15) is 9.59 Å². The van der Waals surface area contributed by atoms with E-state index in [0.717, 1.165) is 43.2 Å². The maximum atomic E-state index is 12.5. The predicted octanol–water partition coefficient (Wildman–Crippen LogP) is 3.60. The Bertz CT molecular complexity index is 834. The van der Waals surface area contributed by atoms with Gasteiger partial charge in [-0.1, -0.05) is 23.7 Å². The first-order chi connectivity index (χ1) is 14.5. The van der Waals surface area contributed by atoms with Gasteiger partial charge in [0.05, 0.1) is 19.8 Å². The van der Waals surface area contributed by atoms with Crippen molar-refractivity contribution in [3.05, 3.63) is 59.1 Å². The average molecular weight is 430 g/mol. The molecule has 0 unspecified atom stereocenters. The third-order valence-corrected chi connectivity index (χ3v) is 5.39. The molecule has 1 N–H and O–H groups in total. The van der Waals surface area contributed by atoms with Crippen molar-refractivity contribution >= 4 is 34.8 Å². The molecule has 0 saturated carbocycles. The van der Waals surface area contributed by atoms with E-state index >= 15 is 0 Å². The van der Waals surface area contributed by atoms with Crippen LogP contribution in [0.25, 0.3) is 0 Å². The first-order valence-electron chi connectivity index (χ1n) is 10.3. The Morgan fingerprint density at radius 1 is 1.07 bits per heavy atom. The van der Waals surface area contributed by atoms with Crippen LogP contribution < -0.4 is 10.2 Å². The standard InChI is InChI=1S/C23H28ClN3O3/c1-2-26(23(29)12-5-18-3-6-19(24)7-4-18)17-22(28)25-20-8-10-21(11-9-20)27-13-15-30-16-14-27/h3-4,6-11H,2,5,12-17H2,1H3,(H,25,28). The second-order valence-corrected chi connectivity index (χ2v) is 7.67. The fourth-order valence-corrected chi connectivity index (χ4v) is 3.51. The summed E-state index contributed by atoms with van der Waals surface area (Å²) in [6.45, 7) is 5.62. The highest BCUT2D eigenvalue weighted by atomic mass is 35.5. The molecule has 0 bridgehead atoms. The van der Waals surface area contributed by atoms with Crippen molar-refractivity contribution in [2.45, 2.75) is 19.8 Å². The topological polar surface area (TPSA) is 61.9 Å². The first kappa shape index (κ1) is 22.1. The molecule has 0 aromatic heterocycles. The van der Waals surface area contributed by atoms with E-state index in [-0.39, 0.29) is 18.4 Å². The lowest BCUT2D eigenvalue weighted by Gasteiger charge is -2.29. The minimum atomic E-state index is -0.198. The van der Waals surface area contributed by atoms with E-state index < -0.39 is 0 Å². The Labute approximate surface area is 182 Å². The molecule has 30 heavy (non-hydrogen) atoms. The number of carbonyl (C=O) groups excluding carboxylic acids is 2. The van der Waals surface area contributed by atoms with E-state index in [1.165, 1.54) is 0 Å². The summed E-state index contributed by atoms with van der Waals surface area (Å²) in [5.41, 5.74) is 2.89. The van der Waals surface area contributed by atoms with Gasteiger partial charge in [-0.3, -0.25) is 9.59 Å². The van der Waals surface area contributed by atoms with Crippen LogP contribution in [0.15, 0.2) is 48.5 Å². The van der Waals surface area contributed by atoms with Gasteiger partial charge in [-0.15, -0.1) is 0 Å². The molecule has 1 saturated heterocycles. The van der Waals surface area contributed by atoms with Gasteiger partial charge in [0.25, 0.3) is 0 Å². The Hall–Kier alpha value is -2.57. The number of amides is 2. The largest absolute Gasteiger partial charge is 0.378 e. The molecule has 7 heteroatoms. The predicted molar refractivity (Wildman–Crippen MR) is 120 cm³/mol. The molecule has 6 nitrogen and oxygen atoms in total. The molecule has 0 atom stereocenters. The van der Waals surface area contributed by atoms with Crippen LogP contribution in [-0.4, -0.2) is 56.1 Å². The molecule has 0 aliphatic carbocycles. The summed E-state index contributed by atoms with van der Waals surface area (Å²) in [5.74, 6) is -0.235. The number of halogens is 1. The molecular weight excluding hydrogens is 402 g/mol. The third kappa shape index (κ3) is 6.47. The van der Waals surface area contributed by atoms with Gasteiger partial charge in [0.2, 0.25) is 11.8 Å². The Kier molecular flexibility index (Phi) is 8.11. The minimum Gasteiger partial charge on any atom is -0.378 e. The first-order valence-corrected chi connectivity index (χ1v) is 10.7. The van der Waals surface area contributed by atoms with Gasteiger partial charge in [0.15, 0.2) is 0 Å². The monoisotopic (exact) mass is 429 g/mol. The van der Waals surface area contributed by atoms with E-state index in [0.29, 0.717) is 24.4 Å². The summed E-state index contributed by atoms with van der Waals surface area (Å²) in [6, 6.07) is 15.2. The van der Waals surface area contributed by atoms with Crippen LogP contribution in [-0.2, 0) is 20.7 Å². The Morgan fingerprint density at radius 2 is 1.73 bits per heavy atom. The summed E-state index contributed by atoms with van der Waals surface area (Å²) in [4.78, 5) is 28.8. The van der Waals surface area contributed by atoms with Crippen molar-refractivity contribution in [2.75, 3.05) is 49.6 Å². The van der Waals surface area contributed by atoms with E-state index in [1.807, 2.05) is 55.5 Å². The Morgan fingerprint density at radius 3 is 2.37 bits per heavy atom. The highest BCUT2D eigenvalue weighted by Crippen LogP contribution is 2.19. The van der Waals surface area contributed by atoms with Crippen LogP contribution in [0.2, 0.25) is 5.02 Å². The zero-order valence-electron chi connectivity index (χ0n) is 17.3. The fraction of sp³-hybridized carbons (Fsp3) is 0.391. The van der Waals surface area contributed by atoms with Crippen molar-refractivity contribution in [2.24, 2.45) is 0 Å². The van der Waals surface area contributed by atoms with Crippen molar-refractivity contribution in [3.8, 4) is 0 Å². The normalized spacial score (nSPS) is 13.7. The lowest BCUT2D eigenvalue weighted by Crippen LogP contribution is -2.38. The third-order valence-electron chi connectivity index (χ3n) is 5.14. The molecule has 0 radical (unpaired) electrons. The van der Waals surface area contributed by atoms with Gasteiger partial charge >= 0.3 is 0 Å². The molecule has 160 valence electrons. The zero-order valence-corrected chi connectivity index (χ0v) is 18.0.